The molecule has 0 saturated carbocycles. The number of ether oxygens (including phenoxy) is 2. The van der Waals surface area contributed by atoms with Gasteiger partial charge in [0.05, 0.1) is 6.10 Å². The first-order valence-electron chi connectivity index (χ1n) is 6.50. The van der Waals surface area contributed by atoms with Gasteiger partial charge < -0.3 is 19.1 Å². The molecule has 0 aliphatic rings. The molecule has 1 N–H and O–H groups in total. The Morgan fingerprint density at radius 3 is 2.60 bits per heavy atom. The van der Waals surface area contributed by atoms with Gasteiger partial charge in [0.25, 0.3) is 5.88 Å². The molecule has 0 fully saturated rings. The fourth-order valence-electron chi connectivity index (χ4n) is 1.79. The summed E-state index contributed by atoms with van der Waals surface area (Å²) in [6.45, 7) is 8.13. The average Bonchev–Trinajstić information content (AvgIpc) is 2.68. The molecule has 20 heavy (non-hydrogen) atoms. The molecule has 0 bridgehead atoms. The van der Waals surface area contributed by atoms with Crippen molar-refractivity contribution in [3.63, 3.8) is 0 Å². The van der Waals surface area contributed by atoms with E-state index in [1.807, 2.05) is 13.8 Å². The van der Waals surface area contributed by atoms with Crippen molar-refractivity contribution in [2.24, 2.45) is 5.92 Å². The molecule has 0 spiro atoms. The number of carbonyl (C=O) groups is 1. The van der Waals surface area contributed by atoms with Gasteiger partial charge in [0.15, 0.2) is 5.76 Å². The molecular formula is C13H20ClNO5. The van der Waals surface area contributed by atoms with Crippen molar-refractivity contribution in [1.29, 1.82) is 0 Å². The van der Waals surface area contributed by atoms with Gasteiger partial charge in [-0.25, -0.2) is 0 Å². The minimum Gasteiger partial charge on any atom is -0.481 e. The van der Waals surface area contributed by atoms with E-state index in [1.165, 1.54) is 0 Å². The number of carboxylic acids is 1. The molecule has 1 heterocycles. The molecule has 6 nitrogen and oxygen atoms in total. The van der Waals surface area contributed by atoms with Crippen molar-refractivity contribution in [3.8, 4) is 5.88 Å². The van der Waals surface area contributed by atoms with E-state index >= 15 is 0 Å². The Morgan fingerprint density at radius 2 is 2.10 bits per heavy atom. The molecule has 0 aliphatic carbocycles. The fourth-order valence-corrected chi connectivity index (χ4v) is 2.03. The molecule has 2 unspecified atom stereocenters. The highest BCUT2D eigenvalue weighted by molar-refractivity contribution is 6.32. The van der Waals surface area contributed by atoms with Crippen LogP contribution >= 0.6 is 11.6 Å². The first-order chi connectivity index (χ1) is 9.38. The Morgan fingerprint density at radius 1 is 1.45 bits per heavy atom. The minimum atomic E-state index is -1.01. The Kier molecular flexibility index (Phi) is 6.29. The van der Waals surface area contributed by atoms with Crippen LogP contribution in [0.2, 0.25) is 5.02 Å². The highest BCUT2D eigenvalue weighted by atomic mass is 35.5. The number of carboxylic acid groups (broad SMARTS) is 1. The summed E-state index contributed by atoms with van der Waals surface area (Å²) in [4.78, 5) is 11.2. The summed E-state index contributed by atoms with van der Waals surface area (Å²) in [5.41, 5.74) is 0. The van der Waals surface area contributed by atoms with Crippen LogP contribution in [0.5, 0.6) is 5.88 Å². The number of nitrogens with zero attached hydrogens (tertiary/aromatic N) is 1. The van der Waals surface area contributed by atoms with Gasteiger partial charge in [-0.05, 0) is 24.9 Å². The van der Waals surface area contributed by atoms with E-state index in [9.17, 15) is 9.90 Å². The Hall–Kier alpha value is -1.27. The molecule has 0 amide bonds. The summed E-state index contributed by atoms with van der Waals surface area (Å²) in [6.07, 6.45) is -0.114. The molecule has 2 atom stereocenters. The van der Waals surface area contributed by atoms with E-state index in [1.54, 1.807) is 13.8 Å². The lowest BCUT2D eigenvalue weighted by molar-refractivity contribution is -0.140. The van der Waals surface area contributed by atoms with Gasteiger partial charge in [0.1, 0.15) is 17.5 Å². The van der Waals surface area contributed by atoms with Crippen LogP contribution in [0.15, 0.2) is 4.52 Å². The summed E-state index contributed by atoms with van der Waals surface area (Å²) in [6, 6.07) is 0. The normalized spacial score (nSPS) is 14.3. The third-order valence-corrected chi connectivity index (χ3v) is 3.10. The lowest BCUT2D eigenvalue weighted by Gasteiger charge is -2.13. The molecule has 1 aromatic rings. The largest absolute Gasteiger partial charge is 0.481 e. The first kappa shape index (κ1) is 16.8. The van der Waals surface area contributed by atoms with E-state index in [2.05, 4.69) is 5.16 Å². The zero-order valence-corrected chi connectivity index (χ0v) is 12.8. The Balaban J connectivity index is 2.81. The lowest BCUT2D eigenvalue weighted by atomic mass is 9.93. The lowest BCUT2D eigenvalue weighted by Crippen LogP contribution is -2.18. The van der Waals surface area contributed by atoms with Gasteiger partial charge in [0, 0.05) is 6.61 Å². The highest BCUT2D eigenvalue weighted by Crippen LogP contribution is 2.36. The van der Waals surface area contributed by atoms with Gasteiger partial charge in [-0.3, -0.25) is 4.79 Å². The van der Waals surface area contributed by atoms with Gasteiger partial charge in [0.2, 0.25) is 0 Å². The number of halogens is 1. The second kappa shape index (κ2) is 7.50. The summed E-state index contributed by atoms with van der Waals surface area (Å²) in [5, 5.41) is 13.0. The number of rotatable bonds is 8. The van der Waals surface area contributed by atoms with E-state index < -0.39 is 11.9 Å². The number of aliphatic carboxylic acids is 1. The smallest absolute Gasteiger partial charge is 0.314 e. The summed E-state index contributed by atoms with van der Waals surface area (Å²) >= 11 is 6.08. The van der Waals surface area contributed by atoms with Gasteiger partial charge in [-0.2, -0.15) is 0 Å². The molecule has 114 valence electrons. The SMILES string of the molecule is CCOC(C)COc1noc(C(C(=O)O)C(C)C)c1Cl. The van der Waals surface area contributed by atoms with Crippen LogP contribution in [-0.2, 0) is 9.53 Å². The molecule has 7 heteroatoms. The molecule has 0 aliphatic heterocycles. The number of hydrogen-bond donors (Lipinski definition) is 1. The van der Waals surface area contributed by atoms with Crippen LogP contribution < -0.4 is 4.74 Å². The monoisotopic (exact) mass is 305 g/mol. The van der Waals surface area contributed by atoms with Gasteiger partial charge >= 0.3 is 5.97 Å². The zero-order valence-electron chi connectivity index (χ0n) is 12.1. The molecule has 0 saturated heterocycles. The third-order valence-electron chi connectivity index (χ3n) is 2.75. The zero-order chi connectivity index (χ0) is 15.3. The molecule has 1 rings (SSSR count). The van der Waals surface area contributed by atoms with E-state index in [-0.39, 0.29) is 35.3 Å². The summed E-state index contributed by atoms with van der Waals surface area (Å²) < 4.78 is 15.7. The van der Waals surface area contributed by atoms with Crippen molar-refractivity contribution in [1.82, 2.24) is 5.16 Å². The topological polar surface area (TPSA) is 81.8 Å². The second-order valence-electron chi connectivity index (χ2n) is 4.80. The van der Waals surface area contributed by atoms with E-state index in [0.29, 0.717) is 6.61 Å². The first-order valence-corrected chi connectivity index (χ1v) is 6.88. The number of aromatic nitrogens is 1. The van der Waals surface area contributed by atoms with Crippen LogP contribution in [0.25, 0.3) is 0 Å². The fraction of sp³-hybridized carbons (Fsp3) is 0.692. The summed E-state index contributed by atoms with van der Waals surface area (Å²) in [5.74, 6) is -1.81. The average molecular weight is 306 g/mol. The Bertz CT molecular complexity index is 446. The van der Waals surface area contributed by atoms with Crippen molar-refractivity contribution in [3.05, 3.63) is 10.8 Å². The quantitative estimate of drug-likeness (QED) is 0.795. The van der Waals surface area contributed by atoms with Crippen molar-refractivity contribution in [2.45, 2.75) is 39.7 Å². The van der Waals surface area contributed by atoms with Gasteiger partial charge in [-0.1, -0.05) is 25.4 Å². The highest BCUT2D eigenvalue weighted by Gasteiger charge is 2.32. The van der Waals surface area contributed by atoms with Crippen molar-refractivity contribution >= 4 is 17.6 Å². The number of hydrogen-bond acceptors (Lipinski definition) is 5. The van der Waals surface area contributed by atoms with Crippen LogP contribution in [-0.4, -0.2) is 35.6 Å². The van der Waals surface area contributed by atoms with Crippen molar-refractivity contribution < 1.29 is 23.9 Å². The third kappa shape index (κ3) is 4.11. The minimum absolute atomic E-state index is 0.0973. The van der Waals surface area contributed by atoms with Crippen molar-refractivity contribution in [2.75, 3.05) is 13.2 Å². The maximum absolute atomic E-state index is 11.2. The maximum Gasteiger partial charge on any atom is 0.314 e. The predicted molar refractivity (Wildman–Crippen MR) is 73.3 cm³/mol. The standard InChI is InChI=1S/C13H20ClNO5/c1-5-18-8(4)6-19-12-10(14)11(20-15-12)9(7(2)3)13(16)17/h7-9H,5-6H2,1-4H3,(H,16,17). The van der Waals surface area contributed by atoms with Gasteiger partial charge in [-0.15, -0.1) is 0 Å². The maximum atomic E-state index is 11.2. The van der Waals surface area contributed by atoms with Crippen LogP contribution in [0.1, 0.15) is 39.4 Å². The van der Waals surface area contributed by atoms with Crippen LogP contribution in [0.3, 0.4) is 0 Å². The summed E-state index contributed by atoms with van der Waals surface area (Å²) in [7, 11) is 0. The second-order valence-corrected chi connectivity index (χ2v) is 5.18. The van der Waals surface area contributed by atoms with E-state index in [4.69, 9.17) is 25.6 Å². The van der Waals surface area contributed by atoms with Crippen LogP contribution in [0, 0.1) is 5.92 Å². The Labute approximate surface area is 123 Å². The molecule has 1 aromatic heterocycles. The van der Waals surface area contributed by atoms with E-state index in [0.717, 1.165) is 0 Å². The predicted octanol–water partition coefficient (Wildman–Crippen LogP) is 2.96. The molecule has 0 aromatic carbocycles. The van der Waals surface area contributed by atoms with Crippen LogP contribution in [0.4, 0.5) is 0 Å². The molecular weight excluding hydrogens is 286 g/mol. The molecule has 0 radical (unpaired) electrons.